The quantitative estimate of drug-likeness (QED) is 0.780. The molecule has 144 valence electrons. The van der Waals surface area contributed by atoms with Gasteiger partial charge in [-0.25, -0.2) is 0 Å². The minimum Gasteiger partial charge on any atom is -0.349 e. The molecule has 0 aromatic carbocycles. The van der Waals surface area contributed by atoms with Gasteiger partial charge in [0.15, 0.2) is 0 Å². The summed E-state index contributed by atoms with van der Waals surface area (Å²) in [5.41, 5.74) is 4.60. The molecule has 2 aromatic heterocycles. The van der Waals surface area contributed by atoms with Gasteiger partial charge in [-0.05, 0) is 55.2 Å². The third kappa shape index (κ3) is 4.25. The number of pyridine rings is 1. The average Bonchev–Trinajstić information content (AvgIpc) is 3.45. The lowest BCUT2D eigenvalue weighted by atomic mass is 10.0. The van der Waals surface area contributed by atoms with E-state index in [4.69, 9.17) is 0 Å². The first-order chi connectivity index (χ1) is 13.2. The molecule has 5 heteroatoms. The van der Waals surface area contributed by atoms with Crippen LogP contribution in [0.1, 0.15) is 65.2 Å². The van der Waals surface area contributed by atoms with Crippen LogP contribution in [0, 0.1) is 5.92 Å². The Morgan fingerprint density at radius 2 is 2.22 bits per heavy atom. The van der Waals surface area contributed by atoms with Crippen molar-refractivity contribution in [1.82, 2.24) is 15.2 Å². The molecule has 4 nitrogen and oxygen atoms in total. The molecular formula is C22H29N3OS. The van der Waals surface area contributed by atoms with Gasteiger partial charge in [0.1, 0.15) is 0 Å². The van der Waals surface area contributed by atoms with E-state index in [1.807, 2.05) is 6.20 Å². The van der Waals surface area contributed by atoms with Gasteiger partial charge in [-0.15, -0.1) is 11.3 Å². The van der Waals surface area contributed by atoms with Crippen molar-refractivity contribution >= 4 is 17.2 Å². The van der Waals surface area contributed by atoms with E-state index in [0.29, 0.717) is 12.0 Å². The molecule has 0 spiro atoms. The summed E-state index contributed by atoms with van der Waals surface area (Å²) in [5, 5.41) is 5.35. The molecule has 27 heavy (non-hydrogen) atoms. The number of carbonyl (C=O) groups excluding carboxylic acids is 1. The highest BCUT2D eigenvalue weighted by Gasteiger charge is 2.32. The number of hydrogen-bond donors (Lipinski definition) is 1. The Kier molecular flexibility index (Phi) is 5.60. The fourth-order valence-electron chi connectivity index (χ4n) is 3.99. The standard InChI is InChI=1S/C22H29N3OS/c1-3-15-5-8-17(23-11-15)12-25-10-9-18-19(14-27-21(18)13-25)22(26)24-20(4-2)16-6-7-16/h5,8,11,14,16,20H,3-4,6-7,9-10,12-13H2,1-2H3,(H,24,26)/t20-/m1/s1. The number of aryl methyl sites for hydroxylation is 1. The van der Waals surface area contributed by atoms with Gasteiger partial charge in [-0.1, -0.05) is 19.9 Å². The Morgan fingerprint density at radius 3 is 2.89 bits per heavy atom. The predicted molar refractivity (Wildman–Crippen MR) is 110 cm³/mol. The summed E-state index contributed by atoms with van der Waals surface area (Å²) in [6, 6.07) is 4.67. The Balaban J connectivity index is 1.39. The fraction of sp³-hybridized carbons (Fsp3) is 0.545. The van der Waals surface area contributed by atoms with Crippen LogP contribution in [0.4, 0.5) is 0 Å². The van der Waals surface area contributed by atoms with Gasteiger partial charge in [0.05, 0.1) is 11.3 Å². The van der Waals surface area contributed by atoms with E-state index in [-0.39, 0.29) is 5.91 Å². The smallest absolute Gasteiger partial charge is 0.252 e. The third-order valence-electron chi connectivity index (χ3n) is 5.90. The van der Waals surface area contributed by atoms with Crippen LogP contribution in [0.15, 0.2) is 23.7 Å². The van der Waals surface area contributed by atoms with Crippen LogP contribution in [0.25, 0.3) is 0 Å². The maximum absolute atomic E-state index is 12.8. The molecule has 0 radical (unpaired) electrons. The minimum absolute atomic E-state index is 0.136. The largest absolute Gasteiger partial charge is 0.349 e. The highest BCUT2D eigenvalue weighted by atomic mass is 32.1. The van der Waals surface area contributed by atoms with Gasteiger partial charge >= 0.3 is 0 Å². The first kappa shape index (κ1) is 18.6. The summed E-state index contributed by atoms with van der Waals surface area (Å²) < 4.78 is 0. The lowest BCUT2D eigenvalue weighted by molar-refractivity contribution is 0.0929. The number of thiophene rings is 1. The van der Waals surface area contributed by atoms with Crippen molar-refractivity contribution in [2.24, 2.45) is 5.92 Å². The number of nitrogens with zero attached hydrogens (tertiary/aromatic N) is 2. The van der Waals surface area contributed by atoms with Crippen LogP contribution in [0.5, 0.6) is 0 Å². The highest BCUT2D eigenvalue weighted by molar-refractivity contribution is 7.10. The molecule has 2 aromatic rings. The molecule has 1 aliphatic heterocycles. The predicted octanol–water partition coefficient (Wildman–Crippen LogP) is 4.18. The van der Waals surface area contributed by atoms with Crippen molar-refractivity contribution in [3.63, 3.8) is 0 Å². The van der Waals surface area contributed by atoms with E-state index in [1.165, 1.54) is 28.8 Å². The second kappa shape index (κ2) is 8.11. The summed E-state index contributed by atoms with van der Waals surface area (Å²) in [7, 11) is 0. The molecule has 1 N–H and O–H groups in total. The number of amides is 1. The van der Waals surface area contributed by atoms with Crippen molar-refractivity contribution in [2.75, 3.05) is 6.54 Å². The van der Waals surface area contributed by atoms with Crippen molar-refractivity contribution in [3.05, 3.63) is 51.0 Å². The number of nitrogens with one attached hydrogen (secondary N) is 1. The number of carbonyl (C=O) groups is 1. The number of rotatable bonds is 7. The Hall–Kier alpha value is -1.72. The van der Waals surface area contributed by atoms with Gasteiger partial charge in [0.2, 0.25) is 0 Å². The number of hydrogen-bond acceptors (Lipinski definition) is 4. The van der Waals surface area contributed by atoms with Crippen LogP contribution in [0.3, 0.4) is 0 Å². The maximum Gasteiger partial charge on any atom is 0.252 e. The van der Waals surface area contributed by atoms with Crippen LogP contribution in [-0.2, 0) is 25.9 Å². The van der Waals surface area contributed by atoms with E-state index in [0.717, 1.165) is 50.2 Å². The molecule has 1 amide bonds. The summed E-state index contributed by atoms with van der Waals surface area (Å²) in [5.74, 6) is 0.840. The van der Waals surface area contributed by atoms with E-state index < -0.39 is 0 Å². The molecule has 0 saturated heterocycles. The van der Waals surface area contributed by atoms with Gasteiger partial charge in [0, 0.05) is 42.1 Å². The monoisotopic (exact) mass is 383 g/mol. The Morgan fingerprint density at radius 1 is 1.37 bits per heavy atom. The summed E-state index contributed by atoms with van der Waals surface area (Å²) >= 11 is 1.74. The Labute approximate surface area is 166 Å². The number of aromatic nitrogens is 1. The zero-order valence-electron chi connectivity index (χ0n) is 16.3. The molecule has 1 aliphatic carbocycles. The van der Waals surface area contributed by atoms with Gasteiger partial charge in [-0.3, -0.25) is 14.7 Å². The van der Waals surface area contributed by atoms with Crippen molar-refractivity contribution < 1.29 is 4.79 Å². The molecule has 0 unspecified atom stereocenters. The van der Waals surface area contributed by atoms with Crippen LogP contribution >= 0.6 is 11.3 Å². The second-order valence-electron chi connectivity index (χ2n) is 7.85. The van der Waals surface area contributed by atoms with Crippen LogP contribution in [-0.4, -0.2) is 28.4 Å². The molecule has 1 atom stereocenters. The third-order valence-corrected chi connectivity index (χ3v) is 6.91. The molecule has 2 aliphatic rings. The van der Waals surface area contributed by atoms with Gasteiger partial charge in [-0.2, -0.15) is 0 Å². The molecule has 1 fully saturated rings. The first-order valence-electron chi connectivity index (χ1n) is 10.2. The zero-order valence-corrected chi connectivity index (χ0v) is 17.1. The van der Waals surface area contributed by atoms with E-state index in [2.05, 4.69) is 46.6 Å². The Bertz CT molecular complexity index is 794. The average molecular weight is 384 g/mol. The zero-order chi connectivity index (χ0) is 18.8. The van der Waals surface area contributed by atoms with E-state index >= 15 is 0 Å². The van der Waals surface area contributed by atoms with Gasteiger partial charge < -0.3 is 5.32 Å². The maximum atomic E-state index is 12.8. The summed E-state index contributed by atoms with van der Waals surface area (Å²) in [6.45, 7) is 7.11. The van der Waals surface area contributed by atoms with E-state index in [1.54, 1.807) is 11.3 Å². The normalized spacial score (nSPS) is 18.1. The van der Waals surface area contributed by atoms with Crippen LogP contribution in [0.2, 0.25) is 0 Å². The lowest BCUT2D eigenvalue weighted by Crippen LogP contribution is -2.37. The molecule has 3 heterocycles. The molecule has 1 saturated carbocycles. The molecule has 0 bridgehead atoms. The highest BCUT2D eigenvalue weighted by Crippen LogP contribution is 2.35. The van der Waals surface area contributed by atoms with Crippen molar-refractivity contribution in [3.8, 4) is 0 Å². The van der Waals surface area contributed by atoms with Crippen LogP contribution < -0.4 is 5.32 Å². The minimum atomic E-state index is 0.136. The van der Waals surface area contributed by atoms with E-state index in [9.17, 15) is 4.79 Å². The van der Waals surface area contributed by atoms with Crippen molar-refractivity contribution in [1.29, 1.82) is 0 Å². The molecular weight excluding hydrogens is 354 g/mol. The van der Waals surface area contributed by atoms with Crippen molar-refractivity contribution in [2.45, 2.75) is 65.1 Å². The lowest BCUT2D eigenvalue weighted by Gasteiger charge is -2.27. The SMILES string of the molecule is CCc1ccc(CN2CCc3c(C(=O)N[C@H](CC)C4CC4)csc3C2)nc1. The first-order valence-corrected chi connectivity index (χ1v) is 11.1. The fourth-order valence-corrected chi connectivity index (χ4v) is 5.11. The van der Waals surface area contributed by atoms with Gasteiger partial charge in [0.25, 0.3) is 5.91 Å². The topological polar surface area (TPSA) is 45.2 Å². The number of fused-ring (bicyclic) bond motifs is 1. The summed E-state index contributed by atoms with van der Waals surface area (Å²) in [4.78, 5) is 21.2. The second-order valence-corrected chi connectivity index (χ2v) is 8.81. The summed E-state index contributed by atoms with van der Waals surface area (Å²) in [6.07, 6.45) is 7.53. The molecule has 4 rings (SSSR count).